The van der Waals surface area contributed by atoms with E-state index in [-0.39, 0.29) is 42.1 Å². The summed E-state index contributed by atoms with van der Waals surface area (Å²) in [5, 5.41) is 3.27. The molecule has 0 aromatic heterocycles. The molecule has 3 aromatic carbocycles. The highest BCUT2D eigenvalue weighted by Gasteiger charge is 2.36. The third kappa shape index (κ3) is 7.42. The topological polar surface area (TPSA) is 102 Å². The van der Waals surface area contributed by atoms with Crippen molar-refractivity contribution >= 4 is 17.8 Å². The van der Waals surface area contributed by atoms with Gasteiger partial charge < -0.3 is 15.8 Å². The molecule has 0 saturated heterocycles. The van der Waals surface area contributed by atoms with Crippen molar-refractivity contribution in [2.45, 2.75) is 52.3 Å². The molecule has 216 valence electrons. The molecule has 3 N–H and O–H groups in total. The largest absolute Gasteiger partial charge is 0.456 e. The number of nitrogens with zero attached hydrogens (tertiary/aromatic N) is 1. The van der Waals surface area contributed by atoms with Crippen LogP contribution >= 0.6 is 0 Å². The van der Waals surface area contributed by atoms with E-state index in [0.717, 1.165) is 18.1 Å². The van der Waals surface area contributed by atoms with Crippen LogP contribution in [0, 0.1) is 17.6 Å². The van der Waals surface area contributed by atoms with E-state index < -0.39 is 41.6 Å². The van der Waals surface area contributed by atoms with Crippen LogP contribution in [0.3, 0.4) is 0 Å². The second-order valence-corrected chi connectivity index (χ2v) is 10.8. The zero-order valence-corrected chi connectivity index (χ0v) is 23.5. The summed E-state index contributed by atoms with van der Waals surface area (Å²) in [6, 6.07) is 14.7. The molecule has 0 unspecified atom stereocenters. The Morgan fingerprint density at radius 1 is 0.927 bits per heavy atom. The minimum atomic E-state index is -0.869. The molecular weight excluding hydrogens is 528 g/mol. The van der Waals surface area contributed by atoms with Crippen molar-refractivity contribution in [3.05, 3.63) is 106 Å². The highest BCUT2D eigenvalue weighted by atomic mass is 19.1. The maximum Gasteiger partial charge on any atom is 0.338 e. The van der Waals surface area contributed by atoms with Crippen molar-refractivity contribution in [1.82, 2.24) is 10.2 Å². The van der Waals surface area contributed by atoms with Crippen molar-refractivity contribution in [1.29, 1.82) is 0 Å². The molecular formula is C32H35F2N3O4. The standard InChI is InChI=1S/C32H35F2N3O4/c1-4-20-6-5-7-21(10-20)16-36-17-29(28(35)13-22-11-24(33)15-25(34)12-22)41-32(40)23-8-9-26-27(14-23)31(39)37(30(26)38)18-19(2)3/h5-12,14-15,19,28-29,36H,4,13,16-18,35H2,1-3H3/t28-,29+/m0/s1. The number of hydrogen-bond donors (Lipinski definition) is 2. The van der Waals surface area contributed by atoms with Crippen molar-refractivity contribution < 1.29 is 27.9 Å². The Kier molecular flexibility index (Phi) is 9.62. The maximum atomic E-state index is 13.8. The number of carbonyl (C=O) groups excluding carboxylic acids is 3. The Bertz CT molecular complexity index is 1420. The van der Waals surface area contributed by atoms with Crippen molar-refractivity contribution in [2.24, 2.45) is 11.7 Å². The van der Waals surface area contributed by atoms with Crippen molar-refractivity contribution in [2.75, 3.05) is 13.1 Å². The van der Waals surface area contributed by atoms with Crippen LogP contribution in [0.4, 0.5) is 8.78 Å². The molecule has 7 nitrogen and oxygen atoms in total. The van der Waals surface area contributed by atoms with Gasteiger partial charge in [-0.3, -0.25) is 14.5 Å². The average Bonchev–Trinajstić information content (AvgIpc) is 3.15. The lowest BCUT2D eigenvalue weighted by atomic mass is 10.0. The van der Waals surface area contributed by atoms with Crippen LogP contribution in [0.15, 0.2) is 60.7 Å². The number of carbonyl (C=O) groups is 3. The molecule has 1 aliphatic heterocycles. The SMILES string of the molecule is CCc1cccc(CNC[C@@H](OC(=O)c2ccc3c(c2)C(=O)N(CC(C)C)C3=O)[C@@H](N)Cc2cc(F)cc(F)c2)c1. The van der Waals surface area contributed by atoms with Crippen LogP contribution in [0.2, 0.25) is 0 Å². The molecule has 2 atom stereocenters. The predicted octanol–water partition coefficient (Wildman–Crippen LogP) is 4.66. The lowest BCUT2D eigenvalue weighted by Gasteiger charge is -2.25. The van der Waals surface area contributed by atoms with E-state index in [9.17, 15) is 23.2 Å². The molecule has 0 spiro atoms. The van der Waals surface area contributed by atoms with Gasteiger partial charge in [0, 0.05) is 31.7 Å². The molecule has 3 aromatic rings. The average molecular weight is 564 g/mol. The summed E-state index contributed by atoms with van der Waals surface area (Å²) in [6.45, 7) is 6.82. The zero-order valence-electron chi connectivity index (χ0n) is 23.5. The Labute approximate surface area is 238 Å². The number of nitrogens with one attached hydrogen (secondary N) is 1. The number of amides is 2. The van der Waals surface area contributed by atoms with Crippen LogP contribution in [0.5, 0.6) is 0 Å². The molecule has 2 amide bonds. The Morgan fingerprint density at radius 2 is 1.61 bits per heavy atom. The fourth-order valence-corrected chi connectivity index (χ4v) is 4.89. The van der Waals surface area contributed by atoms with Crippen LogP contribution < -0.4 is 11.1 Å². The van der Waals surface area contributed by atoms with E-state index in [1.807, 2.05) is 32.0 Å². The van der Waals surface area contributed by atoms with Gasteiger partial charge in [-0.1, -0.05) is 45.0 Å². The van der Waals surface area contributed by atoms with E-state index in [1.54, 1.807) is 0 Å². The van der Waals surface area contributed by atoms with Gasteiger partial charge in [0.1, 0.15) is 17.7 Å². The number of esters is 1. The number of rotatable bonds is 12. The first kappa shape index (κ1) is 30.0. The quantitative estimate of drug-likeness (QED) is 0.246. The third-order valence-corrected chi connectivity index (χ3v) is 6.96. The van der Waals surface area contributed by atoms with Gasteiger partial charge in [0.05, 0.1) is 16.7 Å². The summed E-state index contributed by atoms with van der Waals surface area (Å²) >= 11 is 0. The van der Waals surface area contributed by atoms with Gasteiger partial charge in [0.15, 0.2) is 0 Å². The minimum absolute atomic E-state index is 0.0565. The van der Waals surface area contributed by atoms with Gasteiger partial charge in [0.25, 0.3) is 11.8 Å². The van der Waals surface area contributed by atoms with Crippen molar-refractivity contribution in [3.63, 3.8) is 0 Å². The van der Waals surface area contributed by atoms with Crippen molar-refractivity contribution in [3.8, 4) is 0 Å². The summed E-state index contributed by atoms with van der Waals surface area (Å²) in [4.78, 5) is 40.0. The number of halogens is 2. The van der Waals surface area contributed by atoms with Gasteiger partial charge in [-0.15, -0.1) is 0 Å². The summed E-state index contributed by atoms with van der Waals surface area (Å²) in [5.41, 5.74) is 9.48. The Balaban J connectivity index is 1.51. The summed E-state index contributed by atoms with van der Waals surface area (Å²) in [6.07, 6.45) is 0.0834. The second-order valence-electron chi connectivity index (χ2n) is 10.8. The van der Waals surface area contributed by atoms with Crippen LogP contribution in [-0.4, -0.2) is 47.9 Å². The number of aryl methyl sites for hydroxylation is 1. The number of nitrogens with two attached hydrogens (primary N) is 1. The predicted molar refractivity (Wildman–Crippen MR) is 151 cm³/mol. The van der Waals surface area contributed by atoms with Gasteiger partial charge in [-0.2, -0.15) is 0 Å². The molecule has 0 radical (unpaired) electrons. The fourth-order valence-electron chi connectivity index (χ4n) is 4.89. The van der Waals surface area contributed by atoms with Gasteiger partial charge in [-0.25, -0.2) is 13.6 Å². The van der Waals surface area contributed by atoms with Crippen LogP contribution in [0.1, 0.15) is 68.5 Å². The molecule has 0 bridgehead atoms. The molecule has 0 saturated carbocycles. The molecule has 1 heterocycles. The lowest BCUT2D eigenvalue weighted by molar-refractivity contribution is 0.0238. The number of fused-ring (bicyclic) bond motifs is 1. The van der Waals surface area contributed by atoms with E-state index in [1.165, 1.54) is 40.8 Å². The molecule has 0 fully saturated rings. The lowest BCUT2D eigenvalue weighted by Crippen LogP contribution is -2.46. The number of ether oxygens (including phenoxy) is 1. The number of hydrogen-bond acceptors (Lipinski definition) is 6. The minimum Gasteiger partial charge on any atom is -0.456 e. The first-order chi connectivity index (χ1) is 19.5. The van der Waals surface area contributed by atoms with E-state index in [2.05, 4.69) is 18.3 Å². The normalized spacial score (nSPS) is 14.4. The molecule has 4 rings (SSSR count). The van der Waals surface area contributed by atoms with Crippen LogP contribution in [0.25, 0.3) is 0 Å². The highest BCUT2D eigenvalue weighted by Crippen LogP contribution is 2.25. The van der Waals surface area contributed by atoms with Gasteiger partial charge in [0.2, 0.25) is 0 Å². The molecule has 9 heteroatoms. The van der Waals surface area contributed by atoms with E-state index >= 15 is 0 Å². The highest BCUT2D eigenvalue weighted by molar-refractivity contribution is 6.22. The van der Waals surface area contributed by atoms with Gasteiger partial charge in [-0.05, 0) is 65.8 Å². The summed E-state index contributed by atoms with van der Waals surface area (Å²) in [7, 11) is 0. The number of imide groups is 1. The van der Waals surface area contributed by atoms with Crippen LogP contribution in [-0.2, 0) is 24.1 Å². The summed E-state index contributed by atoms with van der Waals surface area (Å²) in [5.74, 6) is -2.93. The van der Waals surface area contributed by atoms with E-state index in [4.69, 9.17) is 10.5 Å². The maximum absolute atomic E-state index is 13.8. The summed E-state index contributed by atoms with van der Waals surface area (Å²) < 4.78 is 33.4. The van der Waals surface area contributed by atoms with Gasteiger partial charge >= 0.3 is 5.97 Å². The second kappa shape index (κ2) is 13.1. The Morgan fingerprint density at radius 3 is 2.29 bits per heavy atom. The monoisotopic (exact) mass is 563 g/mol. The first-order valence-electron chi connectivity index (χ1n) is 13.8. The third-order valence-electron chi connectivity index (χ3n) is 6.96. The van der Waals surface area contributed by atoms with E-state index in [0.29, 0.717) is 12.1 Å². The number of benzene rings is 3. The Hall–Kier alpha value is -3.95. The fraction of sp³-hybridized carbons (Fsp3) is 0.344. The zero-order chi connectivity index (χ0) is 29.7. The molecule has 41 heavy (non-hydrogen) atoms. The first-order valence-corrected chi connectivity index (χ1v) is 13.8. The molecule has 0 aliphatic carbocycles. The smallest absolute Gasteiger partial charge is 0.338 e. The molecule has 1 aliphatic rings.